The first-order chi connectivity index (χ1) is 9.79. The summed E-state index contributed by atoms with van der Waals surface area (Å²) in [5.41, 5.74) is 7.72. The minimum Gasteiger partial charge on any atom is -0.379 e. The summed E-state index contributed by atoms with van der Waals surface area (Å²) >= 11 is 0. The van der Waals surface area contributed by atoms with Crippen molar-refractivity contribution in [1.29, 1.82) is 0 Å². The smallest absolute Gasteiger partial charge is 0.224 e. The molecule has 1 heterocycles. The van der Waals surface area contributed by atoms with Gasteiger partial charge >= 0.3 is 0 Å². The summed E-state index contributed by atoms with van der Waals surface area (Å²) in [6, 6.07) is 7.82. The maximum Gasteiger partial charge on any atom is 0.224 e. The number of nitrogens with zero attached hydrogens (tertiary/aromatic N) is 1. The highest BCUT2D eigenvalue weighted by Crippen LogP contribution is 2.08. The number of amides is 1. The van der Waals surface area contributed by atoms with Gasteiger partial charge in [-0.05, 0) is 11.1 Å². The highest BCUT2D eigenvalue weighted by atomic mass is 16.5. The fourth-order valence-electron chi connectivity index (χ4n) is 2.34. The van der Waals surface area contributed by atoms with Gasteiger partial charge in [-0.3, -0.25) is 9.69 Å². The molecule has 0 atom stereocenters. The van der Waals surface area contributed by atoms with Crippen molar-refractivity contribution in [2.45, 2.75) is 13.0 Å². The van der Waals surface area contributed by atoms with E-state index in [1.54, 1.807) is 0 Å². The zero-order valence-corrected chi connectivity index (χ0v) is 11.8. The molecule has 1 aromatic carbocycles. The van der Waals surface area contributed by atoms with Crippen molar-refractivity contribution in [2.75, 3.05) is 39.4 Å². The van der Waals surface area contributed by atoms with Crippen LogP contribution in [-0.4, -0.2) is 50.2 Å². The normalized spacial score (nSPS) is 16.1. The summed E-state index contributed by atoms with van der Waals surface area (Å²) in [7, 11) is 0. The Hall–Kier alpha value is -1.43. The molecule has 0 aliphatic carbocycles. The standard InChI is InChI=1S/C15H23N3O2/c16-12-14-4-2-1-3-13(14)11-15(19)17-5-6-18-7-9-20-10-8-18/h1-4H,5-12,16H2,(H,17,19). The SMILES string of the molecule is NCc1ccccc1CC(=O)NCCN1CCOCC1. The molecule has 1 aliphatic heterocycles. The van der Waals surface area contributed by atoms with Gasteiger partial charge in [-0.1, -0.05) is 24.3 Å². The average Bonchev–Trinajstić information content (AvgIpc) is 2.49. The zero-order valence-electron chi connectivity index (χ0n) is 11.8. The lowest BCUT2D eigenvalue weighted by Crippen LogP contribution is -2.41. The summed E-state index contributed by atoms with van der Waals surface area (Å²) < 4.78 is 5.29. The van der Waals surface area contributed by atoms with Crippen LogP contribution >= 0.6 is 0 Å². The number of morpholine rings is 1. The van der Waals surface area contributed by atoms with Gasteiger partial charge in [-0.2, -0.15) is 0 Å². The van der Waals surface area contributed by atoms with Crippen molar-refractivity contribution in [3.63, 3.8) is 0 Å². The van der Waals surface area contributed by atoms with Gasteiger partial charge in [-0.25, -0.2) is 0 Å². The van der Waals surface area contributed by atoms with E-state index in [9.17, 15) is 4.79 Å². The first kappa shape index (κ1) is 15.0. The van der Waals surface area contributed by atoms with Crippen LogP contribution in [0.1, 0.15) is 11.1 Å². The Morgan fingerprint density at radius 2 is 1.95 bits per heavy atom. The van der Waals surface area contributed by atoms with Crippen molar-refractivity contribution in [3.05, 3.63) is 35.4 Å². The average molecular weight is 277 g/mol. The molecule has 1 amide bonds. The second-order valence-corrected chi connectivity index (χ2v) is 4.95. The molecule has 110 valence electrons. The van der Waals surface area contributed by atoms with E-state index in [4.69, 9.17) is 10.5 Å². The van der Waals surface area contributed by atoms with Gasteiger partial charge in [-0.15, -0.1) is 0 Å². The van der Waals surface area contributed by atoms with Crippen LogP contribution in [0.25, 0.3) is 0 Å². The number of carbonyl (C=O) groups excluding carboxylic acids is 1. The van der Waals surface area contributed by atoms with E-state index in [2.05, 4.69) is 10.2 Å². The van der Waals surface area contributed by atoms with Crippen LogP contribution in [0.2, 0.25) is 0 Å². The lowest BCUT2D eigenvalue weighted by Gasteiger charge is -2.26. The van der Waals surface area contributed by atoms with Crippen molar-refractivity contribution >= 4 is 5.91 Å². The molecule has 1 aromatic rings. The number of carbonyl (C=O) groups is 1. The largest absolute Gasteiger partial charge is 0.379 e. The maximum atomic E-state index is 11.9. The lowest BCUT2D eigenvalue weighted by molar-refractivity contribution is -0.120. The van der Waals surface area contributed by atoms with Crippen molar-refractivity contribution in [3.8, 4) is 0 Å². The van der Waals surface area contributed by atoms with E-state index >= 15 is 0 Å². The fraction of sp³-hybridized carbons (Fsp3) is 0.533. The van der Waals surface area contributed by atoms with Gasteiger partial charge < -0.3 is 15.8 Å². The van der Waals surface area contributed by atoms with Crippen LogP contribution in [0.5, 0.6) is 0 Å². The molecule has 2 rings (SSSR count). The van der Waals surface area contributed by atoms with Crippen LogP contribution in [0.3, 0.4) is 0 Å². The van der Waals surface area contributed by atoms with Gasteiger partial charge in [0.15, 0.2) is 0 Å². The quantitative estimate of drug-likeness (QED) is 0.776. The molecule has 0 bridgehead atoms. The van der Waals surface area contributed by atoms with Crippen molar-refractivity contribution in [2.24, 2.45) is 5.73 Å². The van der Waals surface area contributed by atoms with E-state index < -0.39 is 0 Å². The molecule has 1 fully saturated rings. The first-order valence-corrected chi connectivity index (χ1v) is 7.13. The van der Waals surface area contributed by atoms with Gasteiger partial charge in [0, 0.05) is 32.7 Å². The second kappa shape index (κ2) is 7.99. The molecular weight excluding hydrogens is 254 g/mol. The Balaban J connectivity index is 1.72. The van der Waals surface area contributed by atoms with E-state index in [0.717, 1.165) is 44.0 Å². The van der Waals surface area contributed by atoms with E-state index in [0.29, 0.717) is 19.5 Å². The Morgan fingerprint density at radius 3 is 2.65 bits per heavy atom. The Morgan fingerprint density at radius 1 is 1.25 bits per heavy atom. The van der Waals surface area contributed by atoms with Gasteiger partial charge in [0.25, 0.3) is 0 Å². The van der Waals surface area contributed by atoms with Crippen LogP contribution in [-0.2, 0) is 22.5 Å². The van der Waals surface area contributed by atoms with Crippen LogP contribution < -0.4 is 11.1 Å². The van der Waals surface area contributed by atoms with Crippen LogP contribution in [0, 0.1) is 0 Å². The Kier molecular flexibility index (Phi) is 5.98. The van der Waals surface area contributed by atoms with Crippen molar-refractivity contribution in [1.82, 2.24) is 10.2 Å². The predicted octanol–water partition coefficient (Wildman–Crippen LogP) is 0.136. The molecule has 1 saturated heterocycles. The minimum atomic E-state index is 0.0548. The monoisotopic (exact) mass is 277 g/mol. The van der Waals surface area contributed by atoms with Crippen molar-refractivity contribution < 1.29 is 9.53 Å². The molecular formula is C15H23N3O2. The molecule has 20 heavy (non-hydrogen) atoms. The molecule has 0 spiro atoms. The summed E-state index contributed by atoms with van der Waals surface area (Å²) in [4.78, 5) is 14.2. The topological polar surface area (TPSA) is 67.6 Å². The Labute approximate surface area is 120 Å². The number of rotatable bonds is 6. The molecule has 5 heteroatoms. The fourth-order valence-corrected chi connectivity index (χ4v) is 2.34. The summed E-state index contributed by atoms with van der Waals surface area (Å²) in [5.74, 6) is 0.0548. The van der Waals surface area contributed by atoms with Gasteiger partial charge in [0.05, 0.1) is 19.6 Å². The molecule has 0 aromatic heterocycles. The summed E-state index contributed by atoms with van der Waals surface area (Å²) in [5, 5.41) is 2.97. The minimum absolute atomic E-state index is 0.0548. The van der Waals surface area contributed by atoms with E-state index in [1.807, 2.05) is 24.3 Å². The predicted molar refractivity (Wildman–Crippen MR) is 78.3 cm³/mol. The van der Waals surface area contributed by atoms with Gasteiger partial charge in [0.2, 0.25) is 5.91 Å². The molecule has 5 nitrogen and oxygen atoms in total. The summed E-state index contributed by atoms with van der Waals surface area (Å²) in [6.07, 6.45) is 0.399. The highest BCUT2D eigenvalue weighted by molar-refractivity contribution is 5.78. The third-order valence-electron chi connectivity index (χ3n) is 3.54. The molecule has 3 N–H and O–H groups in total. The Bertz CT molecular complexity index is 431. The number of ether oxygens (including phenoxy) is 1. The number of benzene rings is 1. The van der Waals surface area contributed by atoms with Crippen LogP contribution in [0.4, 0.5) is 0 Å². The molecule has 1 aliphatic rings. The third kappa shape index (κ3) is 4.59. The van der Waals surface area contributed by atoms with Gasteiger partial charge in [0.1, 0.15) is 0 Å². The lowest BCUT2D eigenvalue weighted by atomic mass is 10.0. The highest BCUT2D eigenvalue weighted by Gasteiger charge is 2.11. The van der Waals surface area contributed by atoms with E-state index in [-0.39, 0.29) is 5.91 Å². The molecule has 0 saturated carbocycles. The maximum absolute atomic E-state index is 11.9. The zero-order chi connectivity index (χ0) is 14.2. The first-order valence-electron chi connectivity index (χ1n) is 7.13. The second-order valence-electron chi connectivity index (χ2n) is 4.95. The number of nitrogens with two attached hydrogens (primary N) is 1. The number of nitrogens with one attached hydrogen (secondary N) is 1. The van der Waals surface area contributed by atoms with Crippen LogP contribution in [0.15, 0.2) is 24.3 Å². The third-order valence-corrected chi connectivity index (χ3v) is 3.54. The van der Waals surface area contributed by atoms with E-state index in [1.165, 1.54) is 0 Å². The summed E-state index contributed by atoms with van der Waals surface area (Å²) in [6.45, 7) is 5.52. The molecule has 0 radical (unpaired) electrons. The number of hydrogen-bond acceptors (Lipinski definition) is 4. The number of hydrogen-bond donors (Lipinski definition) is 2. The molecule has 0 unspecified atom stereocenters.